The van der Waals surface area contributed by atoms with Crippen LogP contribution in [0, 0.1) is 0 Å². The van der Waals surface area contributed by atoms with Crippen molar-refractivity contribution in [3.63, 3.8) is 0 Å². The quantitative estimate of drug-likeness (QED) is 0.532. The second-order valence-corrected chi connectivity index (χ2v) is 3.53. The fraction of sp³-hybridized carbons (Fsp3) is 0.833. The average Bonchev–Trinajstić information content (AvgIpc) is 2.22. The highest BCUT2D eigenvalue weighted by Crippen LogP contribution is 2.05. The molecule has 0 aromatic carbocycles. The Labute approximate surface area is 88.3 Å². The Balaban J connectivity index is 3.46. The van der Waals surface area contributed by atoms with Crippen LogP contribution < -0.4 is 0 Å². The van der Waals surface area contributed by atoms with E-state index in [1.165, 1.54) is 0 Å². The summed E-state index contributed by atoms with van der Waals surface area (Å²) in [5, 5.41) is 0. The van der Waals surface area contributed by atoms with Gasteiger partial charge in [0.1, 0.15) is 0 Å². The summed E-state index contributed by atoms with van der Waals surface area (Å²) in [5.74, 6) is 0. The van der Waals surface area contributed by atoms with E-state index in [1.54, 1.807) is 6.08 Å². The Morgan fingerprint density at radius 2 is 1.93 bits per heavy atom. The normalized spacial score (nSPS) is 15.1. The first-order valence-electron chi connectivity index (χ1n) is 5.58. The molecule has 2 atom stereocenters. The SMILES string of the molecule is C=CCOC(CC)CCO[C@@H](C)CC. The van der Waals surface area contributed by atoms with E-state index < -0.39 is 0 Å². The molecule has 0 radical (unpaired) electrons. The Morgan fingerprint density at radius 3 is 2.43 bits per heavy atom. The summed E-state index contributed by atoms with van der Waals surface area (Å²) in [7, 11) is 0. The van der Waals surface area contributed by atoms with E-state index in [1.807, 2.05) is 0 Å². The average molecular weight is 200 g/mol. The zero-order valence-electron chi connectivity index (χ0n) is 9.79. The van der Waals surface area contributed by atoms with Crippen LogP contribution in [-0.4, -0.2) is 25.4 Å². The molecule has 2 heteroatoms. The minimum absolute atomic E-state index is 0.317. The molecule has 0 aromatic heterocycles. The molecule has 0 amide bonds. The molecule has 0 fully saturated rings. The van der Waals surface area contributed by atoms with Crippen LogP contribution in [0.1, 0.15) is 40.0 Å². The van der Waals surface area contributed by atoms with Crippen LogP contribution in [-0.2, 0) is 9.47 Å². The number of hydrogen-bond acceptors (Lipinski definition) is 2. The highest BCUT2D eigenvalue weighted by molar-refractivity contribution is 4.66. The molecule has 0 rings (SSSR count). The summed E-state index contributed by atoms with van der Waals surface area (Å²) in [4.78, 5) is 0. The monoisotopic (exact) mass is 200 g/mol. The molecule has 0 aliphatic rings. The predicted molar refractivity (Wildman–Crippen MR) is 60.6 cm³/mol. The third-order valence-electron chi connectivity index (χ3n) is 2.32. The van der Waals surface area contributed by atoms with Gasteiger partial charge in [-0.3, -0.25) is 0 Å². The van der Waals surface area contributed by atoms with Crippen LogP contribution in [0.3, 0.4) is 0 Å². The van der Waals surface area contributed by atoms with Gasteiger partial charge in [-0.15, -0.1) is 6.58 Å². The molecular formula is C12H24O2. The van der Waals surface area contributed by atoms with Crippen molar-refractivity contribution in [2.24, 2.45) is 0 Å². The van der Waals surface area contributed by atoms with Crippen LogP contribution in [0.15, 0.2) is 12.7 Å². The molecule has 0 saturated carbocycles. The van der Waals surface area contributed by atoms with Gasteiger partial charge in [-0.2, -0.15) is 0 Å². The van der Waals surface area contributed by atoms with Crippen molar-refractivity contribution in [2.75, 3.05) is 13.2 Å². The Hall–Kier alpha value is -0.340. The van der Waals surface area contributed by atoms with Crippen molar-refractivity contribution < 1.29 is 9.47 Å². The van der Waals surface area contributed by atoms with Gasteiger partial charge in [0.15, 0.2) is 0 Å². The lowest BCUT2D eigenvalue weighted by molar-refractivity contribution is 0.0102. The second kappa shape index (κ2) is 9.22. The molecule has 0 spiro atoms. The summed E-state index contributed by atoms with van der Waals surface area (Å²) < 4.78 is 11.2. The van der Waals surface area contributed by atoms with E-state index in [9.17, 15) is 0 Å². The molecule has 14 heavy (non-hydrogen) atoms. The van der Waals surface area contributed by atoms with E-state index in [-0.39, 0.29) is 0 Å². The minimum atomic E-state index is 0.317. The van der Waals surface area contributed by atoms with Crippen LogP contribution in [0.5, 0.6) is 0 Å². The first-order valence-corrected chi connectivity index (χ1v) is 5.58. The molecule has 0 saturated heterocycles. The molecule has 0 N–H and O–H groups in total. The van der Waals surface area contributed by atoms with Gasteiger partial charge in [0.05, 0.1) is 18.8 Å². The van der Waals surface area contributed by atoms with E-state index in [0.29, 0.717) is 18.8 Å². The van der Waals surface area contributed by atoms with Gasteiger partial charge in [0, 0.05) is 6.61 Å². The summed E-state index contributed by atoms with van der Waals surface area (Å²) in [6.07, 6.45) is 5.57. The van der Waals surface area contributed by atoms with Crippen molar-refractivity contribution in [2.45, 2.75) is 52.2 Å². The van der Waals surface area contributed by atoms with Crippen LogP contribution in [0.4, 0.5) is 0 Å². The van der Waals surface area contributed by atoms with Crippen LogP contribution >= 0.6 is 0 Å². The molecule has 0 aliphatic carbocycles. The molecule has 0 aliphatic heterocycles. The summed E-state index contributed by atoms with van der Waals surface area (Å²) >= 11 is 0. The van der Waals surface area contributed by atoms with Crippen molar-refractivity contribution in [1.82, 2.24) is 0 Å². The van der Waals surface area contributed by atoms with Gasteiger partial charge in [-0.1, -0.05) is 19.9 Å². The summed E-state index contributed by atoms with van der Waals surface area (Å²) in [6.45, 7) is 11.4. The Morgan fingerprint density at radius 1 is 1.21 bits per heavy atom. The van der Waals surface area contributed by atoms with Gasteiger partial charge in [-0.05, 0) is 26.2 Å². The van der Waals surface area contributed by atoms with Gasteiger partial charge in [0.2, 0.25) is 0 Å². The van der Waals surface area contributed by atoms with Gasteiger partial charge >= 0.3 is 0 Å². The number of rotatable bonds is 9. The third kappa shape index (κ3) is 7.10. The first-order chi connectivity index (χ1) is 6.74. The van der Waals surface area contributed by atoms with E-state index in [4.69, 9.17) is 9.47 Å². The lowest BCUT2D eigenvalue weighted by Crippen LogP contribution is -2.17. The van der Waals surface area contributed by atoms with E-state index >= 15 is 0 Å². The lowest BCUT2D eigenvalue weighted by Gasteiger charge is -2.16. The van der Waals surface area contributed by atoms with E-state index in [2.05, 4.69) is 27.4 Å². The maximum absolute atomic E-state index is 5.60. The van der Waals surface area contributed by atoms with E-state index in [0.717, 1.165) is 25.9 Å². The summed E-state index contributed by atoms with van der Waals surface area (Å²) in [6, 6.07) is 0. The minimum Gasteiger partial charge on any atom is -0.378 e. The molecular weight excluding hydrogens is 176 g/mol. The first kappa shape index (κ1) is 13.7. The smallest absolute Gasteiger partial charge is 0.0648 e. The van der Waals surface area contributed by atoms with Crippen molar-refractivity contribution >= 4 is 0 Å². The lowest BCUT2D eigenvalue weighted by atomic mass is 10.2. The zero-order chi connectivity index (χ0) is 10.8. The van der Waals surface area contributed by atoms with Crippen molar-refractivity contribution in [3.8, 4) is 0 Å². The topological polar surface area (TPSA) is 18.5 Å². The van der Waals surface area contributed by atoms with Crippen molar-refractivity contribution in [3.05, 3.63) is 12.7 Å². The maximum Gasteiger partial charge on any atom is 0.0648 e. The number of hydrogen-bond donors (Lipinski definition) is 0. The third-order valence-corrected chi connectivity index (χ3v) is 2.32. The van der Waals surface area contributed by atoms with Gasteiger partial charge in [0.25, 0.3) is 0 Å². The molecule has 1 unspecified atom stereocenters. The summed E-state index contributed by atoms with van der Waals surface area (Å²) in [5.41, 5.74) is 0. The van der Waals surface area contributed by atoms with Crippen molar-refractivity contribution in [1.29, 1.82) is 0 Å². The molecule has 0 bridgehead atoms. The molecule has 0 aromatic rings. The molecule has 0 heterocycles. The second-order valence-electron chi connectivity index (χ2n) is 3.53. The Bertz CT molecular complexity index is 134. The fourth-order valence-electron chi connectivity index (χ4n) is 1.13. The van der Waals surface area contributed by atoms with Gasteiger partial charge < -0.3 is 9.47 Å². The molecule has 84 valence electrons. The largest absolute Gasteiger partial charge is 0.378 e. The zero-order valence-corrected chi connectivity index (χ0v) is 9.79. The standard InChI is InChI=1S/C12H24O2/c1-5-9-14-12(7-3)8-10-13-11(4)6-2/h5,11-12H,1,6-10H2,2-4H3/t11-,12?/m0/s1. The predicted octanol–water partition coefficient (Wildman–Crippen LogP) is 3.17. The Kier molecular flexibility index (Phi) is 9.00. The highest BCUT2D eigenvalue weighted by atomic mass is 16.5. The molecule has 2 nitrogen and oxygen atoms in total. The van der Waals surface area contributed by atoms with Crippen LogP contribution in [0.2, 0.25) is 0 Å². The van der Waals surface area contributed by atoms with Gasteiger partial charge in [-0.25, -0.2) is 0 Å². The van der Waals surface area contributed by atoms with Crippen LogP contribution in [0.25, 0.3) is 0 Å². The fourth-order valence-corrected chi connectivity index (χ4v) is 1.13. The number of ether oxygens (including phenoxy) is 2. The highest BCUT2D eigenvalue weighted by Gasteiger charge is 2.06. The maximum atomic E-state index is 5.60.